The maximum absolute atomic E-state index is 5.81. The van der Waals surface area contributed by atoms with Crippen molar-refractivity contribution < 1.29 is 9.57 Å². The Kier molecular flexibility index (Phi) is 5.56. The normalized spacial score (nSPS) is 11.1. The molecule has 6 heteroatoms. The van der Waals surface area contributed by atoms with Crippen LogP contribution in [0.5, 0.6) is 11.5 Å². The lowest BCUT2D eigenvalue weighted by Gasteiger charge is -2.09. The van der Waals surface area contributed by atoms with Crippen LogP contribution < -0.4 is 4.74 Å². The van der Waals surface area contributed by atoms with Gasteiger partial charge in [-0.15, -0.1) is 0 Å². The first-order valence-electron chi connectivity index (χ1n) is 7.80. The summed E-state index contributed by atoms with van der Waals surface area (Å²) >= 11 is 0. The van der Waals surface area contributed by atoms with Crippen molar-refractivity contribution in [2.45, 2.75) is 6.54 Å². The zero-order valence-electron chi connectivity index (χ0n) is 13.7. The summed E-state index contributed by atoms with van der Waals surface area (Å²) in [7, 11) is 0. The maximum atomic E-state index is 5.81. The molecule has 0 bridgehead atoms. The van der Waals surface area contributed by atoms with Crippen LogP contribution in [0.2, 0.25) is 0 Å². The maximum Gasteiger partial charge on any atom is 0.137 e. The summed E-state index contributed by atoms with van der Waals surface area (Å²) in [6, 6.07) is 17.3. The van der Waals surface area contributed by atoms with Gasteiger partial charge in [-0.3, -0.25) is 0 Å². The zero-order valence-corrected chi connectivity index (χ0v) is 13.7. The first-order valence-corrected chi connectivity index (χ1v) is 7.80. The van der Waals surface area contributed by atoms with E-state index in [1.54, 1.807) is 17.1 Å². The Bertz CT molecular complexity index is 812. The Hall–Kier alpha value is -3.41. The third kappa shape index (κ3) is 4.78. The molecule has 0 aliphatic carbocycles. The van der Waals surface area contributed by atoms with E-state index in [-0.39, 0.29) is 0 Å². The number of aromatic nitrogens is 3. The largest absolute Gasteiger partial charge is 0.457 e. The quantitative estimate of drug-likeness (QED) is 0.273. The number of para-hydroxylation sites is 1. The van der Waals surface area contributed by atoms with Crippen LogP contribution in [0.15, 0.2) is 85.1 Å². The van der Waals surface area contributed by atoms with E-state index in [2.05, 4.69) is 21.8 Å². The number of oxime groups is 1. The summed E-state index contributed by atoms with van der Waals surface area (Å²) in [6.45, 7) is 4.42. The van der Waals surface area contributed by atoms with E-state index in [1.807, 2.05) is 54.6 Å². The standard InChI is InChI=1S/C19H18N4O2/c1-2-12-24-22-19(13-23-15-20-14-21-23)16-8-10-18(11-9-16)25-17-6-4-3-5-7-17/h2-11,14-15H,1,12-13H2. The smallest absolute Gasteiger partial charge is 0.137 e. The lowest BCUT2D eigenvalue weighted by Crippen LogP contribution is -2.13. The first-order chi connectivity index (χ1) is 12.3. The van der Waals surface area contributed by atoms with Crippen molar-refractivity contribution in [2.75, 3.05) is 6.61 Å². The summed E-state index contributed by atoms with van der Waals surface area (Å²) in [5.41, 5.74) is 1.65. The Morgan fingerprint density at radius 3 is 2.52 bits per heavy atom. The van der Waals surface area contributed by atoms with Crippen molar-refractivity contribution >= 4 is 5.71 Å². The second-order valence-electron chi connectivity index (χ2n) is 5.15. The highest BCUT2D eigenvalue weighted by Crippen LogP contribution is 2.21. The fraction of sp³-hybridized carbons (Fsp3) is 0.105. The van der Waals surface area contributed by atoms with Crippen LogP contribution in [0.1, 0.15) is 5.56 Å². The lowest BCUT2D eigenvalue weighted by molar-refractivity contribution is 0.174. The highest BCUT2D eigenvalue weighted by molar-refractivity contribution is 6.00. The van der Waals surface area contributed by atoms with E-state index in [4.69, 9.17) is 9.57 Å². The van der Waals surface area contributed by atoms with Gasteiger partial charge in [0.15, 0.2) is 0 Å². The summed E-state index contributed by atoms with van der Waals surface area (Å²) in [5, 5.41) is 8.30. The molecule has 0 saturated heterocycles. The summed E-state index contributed by atoms with van der Waals surface area (Å²) in [4.78, 5) is 9.20. The van der Waals surface area contributed by atoms with Crippen LogP contribution >= 0.6 is 0 Å². The molecule has 0 fully saturated rings. The van der Waals surface area contributed by atoms with Crippen molar-refractivity contribution in [3.05, 3.63) is 85.5 Å². The zero-order chi connectivity index (χ0) is 17.3. The van der Waals surface area contributed by atoms with Crippen molar-refractivity contribution in [2.24, 2.45) is 5.16 Å². The molecule has 0 aliphatic heterocycles. The van der Waals surface area contributed by atoms with Crippen molar-refractivity contribution in [1.82, 2.24) is 14.8 Å². The highest BCUT2D eigenvalue weighted by Gasteiger charge is 2.08. The van der Waals surface area contributed by atoms with E-state index >= 15 is 0 Å². The molecule has 126 valence electrons. The minimum atomic E-state index is 0.343. The number of benzene rings is 2. The number of nitrogens with zero attached hydrogens (tertiary/aromatic N) is 4. The molecule has 0 saturated carbocycles. The molecule has 0 radical (unpaired) electrons. The van der Waals surface area contributed by atoms with Crippen LogP contribution in [-0.2, 0) is 11.4 Å². The van der Waals surface area contributed by atoms with Gasteiger partial charge in [0, 0.05) is 5.56 Å². The van der Waals surface area contributed by atoms with Gasteiger partial charge in [0.2, 0.25) is 0 Å². The minimum Gasteiger partial charge on any atom is -0.457 e. The minimum absolute atomic E-state index is 0.343. The average molecular weight is 334 g/mol. The Labute approximate surface area is 146 Å². The molecule has 1 aromatic heterocycles. The van der Waals surface area contributed by atoms with Gasteiger partial charge < -0.3 is 9.57 Å². The fourth-order valence-corrected chi connectivity index (χ4v) is 2.15. The van der Waals surface area contributed by atoms with E-state index in [9.17, 15) is 0 Å². The van der Waals surface area contributed by atoms with Crippen molar-refractivity contribution in [3.63, 3.8) is 0 Å². The molecule has 6 nitrogen and oxygen atoms in total. The predicted molar refractivity (Wildman–Crippen MR) is 95.7 cm³/mol. The molecular weight excluding hydrogens is 316 g/mol. The molecule has 0 amide bonds. The van der Waals surface area contributed by atoms with E-state index in [1.165, 1.54) is 6.33 Å². The lowest BCUT2D eigenvalue weighted by atomic mass is 10.1. The molecular formula is C19H18N4O2. The summed E-state index contributed by atoms with van der Waals surface area (Å²) in [6.07, 6.45) is 4.77. The monoisotopic (exact) mass is 334 g/mol. The summed E-state index contributed by atoms with van der Waals surface area (Å²) < 4.78 is 7.49. The van der Waals surface area contributed by atoms with Gasteiger partial charge in [0.05, 0.1) is 6.54 Å². The van der Waals surface area contributed by atoms with Crippen LogP contribution in [0.3, 0.4) is 0 Å². The number of rotatable bonds is 8. The van der Waals surface area contributed by atoms with Crippen LogP contribution in [0.4, 0.5) is 0 Å². The predicted octanol–water partition coefficient (Wildman–Crippen LogP) is 3.68. The molecule has 2 aromatic carbocycles. The Balaban J connectivity index is 1.75. The molecule has 25 heavy (non-hydrogen) atoms. The second-order valence-corrected chi connectivity index (χ2v) is 5.15. The molecule has 0 aliphatic rings. The first kappa shape index (κ1) is 16.4. The number of hydrogen-bond acceptors (Lipinski definition) is 5. The average Bonchev–Trinajstić information content (AvgIpc) is 3.16. The molecule has 0 atom stereocenters. The third-order valence-corrected chi connectivity index (χ3v) is 3.31. The molecule has 0 unspecified atom stereocenters. The Morgan fingerprint density at radius 2 is 1.84 bits per heavy atom. The second kappa shape index (κ2) is 8.44. The number of ether oxygens (including phenoxy) is 1. The van der Waals surface area contributed by atoms with Crippen molar-refractivity contribution in [3.8, 4) is 11.5 Å². The van der Waals surface area contributed by atoms with Gasteiger partial charge in [0.25, 0.3) is 0 Å². The van der Waals surface area contributed by atoms with Gasteiger partial charge in [-0.05, 0) is 36.4 Å². The highest BCUT2D eigenvalue weighted by atomic mass is 16.6. The number of hydrogen-bond donors (Lipinski definition) is 0. The topological polar surface area (TPSA) is 61.5 Å². The third-order valence-electron chi connectivity index (χ3n) is 3.31. The fourth-order valence-electron chi connectivity index (χ4n) is 2.15. The SMILES string of the molecule is C=CCON=C(Cn1cncn1)c1ccc(Oc2ccccc2)cc1. The molecule has 0 N–H and O–H groups in total. The van der Waals surface area contributed by atoms with Gasteiger partial charge in [0.1, 0.15) is 36.5 Å². The van der Waals surface area contributed by atoms with Gasteiger partial charge in [-0.25, -0.2) is 9.67 Å². The van der Waals surface area contributed by atoms with Gasteiger partial charge >= 0.3 is 0 Å². The van der Waals surface area contributed by atoms with Crippen molar-refractivity contribution in [1.29, 1.82) is 0 Å². The molecule has 1 heterocycles. The van der Waals surface area contributed by atoms with E-state index < -0.39 is 0 Å². The van der Waals surface area contributed by atoms with E-state index in [0.29, 0.717) is 13.2 Å². The molecule has 3 aromatic rings. The van der Waals surface area contributed by atoms with Gasteiger partial charge in [-0.1, -0.05) is 36.0 Å². The molecule has 0 spiro atoms. The van der Waals surface area contributed by atoms with E-state index in [0.717, 1.165) is 22.8 Å². The Morgan fingerprint density at radius 1 is 1.08 bits per heavy atom. The molecule has 3 rings (SSSR count). The van der Waals surface area contributed by atoms with Crippen LogP contribution in [-0.4, -0.2) is 27.1 Å². The van der Waals surface area contributed by atoms with Crippen LogP contribution in [0, 0.1) is 0 Å². The van der Waals surface area contributed by atoms with Crippen LogP contribution in [0.25, 0.3) is 0 Å². The summed E-state index contributed by atoms with van der Waals surface area (Å²) in [5.74, 6) is 1.54. The van der Waals surface area contributed by atoms with Gasteiger partial charge in [-0.2, -0.15) is 5.10 Å².